The molecule has 5 heteroatoms. The second kappa shape index (κ2) is 192. The largest absolute Gasteiger partial charge is 0.396 e. The van der Waals surface area contributed by atoms with Crippen LogP contribution in [0.25, 0.3) is 0 Å². The first kappa shape index (κ1) is 108. The summed E-state index contributed by atoms with van der Waals surface area (Å²) in [5.41, 5.74) is 0. The van der Waals surface area contributed by atoms with Gasteiger partial charge in [0.25, 0.3) is 0 Å². The number of carbonyl (C=O) groups excluding carboxylic acids is 1. The quantitative estimate of drug-likeness (QED) is 0.0513. The molecule has 0 bridgehead atoms. The molecule has 0 saturated carbocycles. The van der Waals surface area contributed by atoms with Crippen molar-refractivity contribution in [2.45, 2.75) is 386 Å². The van der Waals surface area contributed by atoms with Crippen molar-refractivity contribution in [2.75, 3.05) is 26.9 Å². The number of ether oxygens (including phenoxy) is 2. The molecule has 0 aliphatic rings. The Bertz CT molecular complexity index is 420. The van der Waals surface area contributed by atoms with E-state index in [-0.39, 0.29) is 0 Å². The summed E-state index contributed by atoms with van der Waals surface area (Å²) in [7, 11) is 1.71. The molecular formula is C63H154O5. The number of hydrogen-bond donors (Lipinski definition) is 2. The molecule has 68 heavy (non-hydrogen) atoms. The molecule has 1 unspecified atom stereocenters. The number of hydrogen-bond acceptors (Lipinski definition) is 5. The molecule has 0 radical (unpaired) electrons. The van der Waals surface area contributed by atoms with Gasteiger partial charge in [0.1, 0.15) is 6.29 Å². The summed E-state index contributed by atoms with van der Waals surface area (Å²) in [6.07, 6.45) is 37.9. The second-order valence-corrected chi connectivity index (χ2v) is 15.1. The zero-order valence-electron chi connectivity index (χ0n) is 54.6. The van der Waals surface area contributed by atoms with Crippen LogP contribution in [0.2, 0.25) is 0 Å². The standard InChI is InChI=1S/C10H22.C8H18O2.C7H16.C5H10O.2C4H10O.2C4H10.3C3H8.4C2H6/c1-3-5-7-9-10-8-6-4-2;1-3-5-6-8(9)10-7-4-2;1-3-5-7-6-4-2;1-2-3-4-5-6;1-3-4-5-2;1-2-3-4-5;2*1-3-4-2;3*1-3-2;4*1-2/h3-10H2,1-2H3;8-9H,3-7H2,1-2H3;3-7H2,1-2H3;5H,2-4H2,1H3;3-4H2,1-2H3;5H,2-4H2,1H3;2*3-4H2,1-2H3;3*3H2,1-2H3;4*1-2H3. The molecule has 0 aliphatic heterocycles. The lowest BCUT2D eigenvalue weighted by atomic mass is 10.1. The predicted octanol–water partition coefficient (Wildman–Crippen LogP) is 24.2. The Labute approximate surface area is 441 Å². The van der Waals surface area contributed by atoms with Gasteiger partial charge < -0.3 is 24.5 Å². The van der Waals surface area contributed by atoms with E-state index in [2.05, 4.69) is 125 Å². The van der Waals surface area contributed by atoms with Crippen molar-refractivity contribution in [3.05, 3.63) is 0 Å². The maximum Gasteiger partial charge on any atom is 0.154 e. The highest BCUT2D eigenvalue weighted by molar-refractivity contribution is 5.48. The van der Waals surface area contributed by atoms with E-state index in [1.807, 2.05) is 62.3 Å². The van der Waals surface area contributed by atoms with Crippen molar-refractivity contribution in [1.29, 1.82) is 0 Å². The highest BCUT2D eigenvalue weighted by Crippen LogP contribution is 2.07. The van der Waals surface area contributed by atoms with E-state index >= 15 is 0 Å². The van der Waals surface area contributed by atoms with Gasteiger partial charge in [-0.05, 0) is 38.5 Å². The van der Waals surface area contributed by atoms with Crippen LogP contribution in [0, 0.1) is 0 Å². The molecular weight excluding hydrogens is 837 g/mol. The van der Waals surface area contributed by atoms with E-state index in [4.69, 9.17) is 19.7 Å². The van der Waals surface area contributed by atoms with E-state index in [1.165, 1.54) is 128 Å². The molecule has 2 N–H and O–H groups in total. The third kappa shape index (κ3) is 360. The molecule has 0 amide bonds. The molecule has 0 spiro atoms. The number of aliphatic hydroxyl groups is 2. The number of unbranched alkanes of at least 4 members (excludes halogenated alkanes) is 17. The molecule has 0 aromatic carbocycles. The Morgan fingerprint density at radius 3 is 0.750 bits per heavy atom. The highest BCUT2D eigenvalue weighted by Gasteiger charge is 2.00. The molecule has 0 heterocycles. The van der Waals surface area contributed by atoms with E-state index < -0.39 is 6.29 Å². The maximum atomic E-state index is 9.56. The molecule has 0 fully saturated rings. The average Bonchev–Trinajstić information content (AvgIpc) is 3.38. The monoisotopic (exact) mass is 991 g/mol. The first-order valence-electron chi connectivity index (χ1n) is 30.8. The van der Waals surface area contributed by atoms with Crippen molar-refractivity contribution < 1.29 is 24.5 Å². The molecule has 5 nitrogen and oxygen atoms in total. The zero-order valence-corrected chi connectivity index (χ0v) is 54.6. The van der Waals surface area contributed by atoms with Crippen LogP contribution >= 0.6 is 0 Å². The molecule has 1 atom stereocenters. The lowest BCUT2D eigenvalue weighted by Gasteiger charge is -2.09. The Morgan fingerprint density at radius 1 is 0.353 bits per heavy atom. The fourth-order valence-corrected chi connectivity index (χ4v) is 3.25. The summed E-state index contributed by atoms with van der Waals surface area (Å²) >= 11 is 0. The number of carbonyl (C=O) groups is 1. The lowest BCUT2D eigenvalue weighted by molar-refractivity contribution is -0.108. The van der Waals surface area contributed by atoms with Crippen molar-refractivity contribution in [2.24, 2.45) is 0 Å². The number of aliphatic hydroxyl groups excluding tert-OH is 2. The fourth-order valence-electron chi connectivity index (χ4n) is 3.25. The third-order valence-electron chi connectivity index (χ3n) is 7.08. The van der Waals surface area contributed by atoms with Crippen LogP contribution in [0.3, 0.4) is 0 Å². The molecule has 0 aromatic heterocycles. The Balaban J connectivity index is -0.0000000352. The number of methoxy groups -OCH3 is 1. The lowest BCUT2D eigenvalue weighted by Crippen LogP contribution is -2.11. The Hall–Kier alpha value is -0.490. The molecule has 0 saturated heterocycles. The van der Waals surface area contributed by atoms with Crippen molar-refractivity contribution in [3.63, 3.8) is 0 Å². The van der Waals surface area contributed by atoms with Gasteiger partial charge in [0, 0.05) is 33.4 Å². The first-order chi connectivity index (χ1) is 33.0. The number of aldehydes is 1. The van der Waals surface area contributed by atoms with E-state index in [0.29, 0.717) is 13.2 Å². The minimum atomic E-state index is -0.528. The van der Waals surface area contributed by atoms with Gasteiger partial charge in [-0.3, -0.25) is 0 Å². The normalized spacial score (nSPS) is 8.44. The minimum absolute atomic E-state index is 0.344. The zero-order chi connectivity index (χ0) is 57.0. The average molecular weight is 992 g/mol. The van der Waals surface area contributed by atoms with Gasteiger partial charge in [0.2, 0.25) is 0 Å². The first-order valence-corrected chi connectivity index (χ1v) is 30.8. The van der Waals surface area contributed by atoms with E-state index in [1.54, 1.807) is 7.11 Å². The maximum absolute atomic E-state index is 9.56. The molecule has 436 valence electrons. The summed E-state index contributed by atoms with van der Waals surface area (Å²) in [5, 5.41) is 17.2. The summed E-state index contributed by atoms with van der Waals surface area (Å²) in [6.45, 7) is 58.8. The van der Waals surface area contributed by atoms with Gasteiger partial charge in [-0.1, -0.05) is 335 Å². The van der Waals surface area contributed by atoms with E-state index in [9.17, 15) is 4.79 Å². The summed E-state index contributed by atoms with van der Waals surface area (Å²) < 4.78 is 9.74. The Morgan fingerprint density at radius 2 is 0.603 bits per heavy atom. The number of rotatable bonds is 26. The van der Waals surface area contributed by atoms with Gasteiger partial charge in [0.15, 0.2) is 6.29 Å². The fraction of sp³-hybridized carbons (Fsp3) is 0.984. The van der Waals surface area contributed by atoms with Crippen LogP contribution < -0.4 is 0 Å². The van der Waals surface area contributed by atoms with Crippen LogP contribution in [0.1, 0.15) is 380 Å². The van der Waals surface area contributed by atoms with Crippen molar-refractivity contribution >= 4 is 6.29 Å². The van der Waals surface area contributed by atoms with Crippen LogP contribution in [0.5, 0.6) is 0 Å². The SMILES string of the molecule is CC.CC.CC.CC.CCC.CCC.CCC.CCCC.CCCC.CCCCC(O)OCCC.CCCCC=O.CCCCCCC.CCCCCCCCCC.CCCCO.CCCOC. The minimum Gasteiger partial charge on any atom is -0.396 e. The summed E-state index contributed by atoms with van der Waals surface area (Å²) in [5.74, 6) is 0. The van der Waals surface area contributed by atoms with Gasteiger partial charge in [0.05, 0.1) is 0 Å². The Kier molecular flexibility index (Phi) is 307. The van der Waals surface area contributed by atoms with Crippen molar-refractivity contribution in [3.8, 4) is 0 Å². The second-order valence-electron chi connectivity index (χ2n) is 15.1. The van der Waals surface area contributed by atoms with Gasteiger partial charge >= 0.3 is 0 Å². The van der Waals surface area contributed by atoms with Gasteiger partial charge in [-0.15, -0.1) is 0 Å². The molecule has 0 aliphatic carbocycles. The predicted molar refractivity (Wildman–Crippen MR) is 329 cm³/mol. The summed E-state index contributed by atoms with van der Waals surface area (Å²) in [6, 6.07) is 0. The van der Waals surface area contributed by atoms with Crippen LogP contribution in [0.15, 0.2) is 0 Å². The van der Waals surface area contributed by atoms with Crippen LogP contribution in [0.4, 0.5) is 0 Å². The van der Waals surface area contributed by atoms with Crippen LogP contribution in [-0.4, -0.2) is 49.7 Å². The smallest absolute Gasteiger partial charge is 0.154 e. The van der Waals surface area contributed by atoms with Gasteiger partial charge in [-0.2, -0.15) is 0 Å². The summed E-state index contributed by atoms with van der Waals surface area (Å²) in [4.78, 5) is 9.56. The highest BCUT2D eigenvalue weighted by atomic mass is 16.6. The topological polar surface area (TPSA) is 76.0 Å². The molecule has 0 aromatic rings. The van der Waals surface area contributed by atoms with Crippen LogP contribution in [-0.2, 0) is 14.3 Å². The molecule has 0 rings (SSSR count). The van der Waals surface area contributed by atoms with Crippen molar-refractivity contribution in [1.82, 2.24) is 0 Å². The third-order valence-corrected chi connectivity index (χ3v) is 7.08. The van der Waals surface area contributed by atoms with E-state index in [0.717, 1.165) is 77.1 Å². The van der Waals surface area contributed by atoms with Gasteiger partial charge in [-0.25, -0.2) is 0 Å².